The van der Waals surface area contributed by atoms with Gasteiger partial charge in [0.25, 0.3) is 0 Å². The van der Waals surface area contributed by atoms with Crippen LogP contribution in [0.25, 0.3) is 16.9 Å². The van der Waals surface area contributed by atoms with Crippen molar-refractivity contribution in [1.82, 2.24) is 9.78 Å². The van der Waals surface area contributed by atoms with Gasteiger partial charge in [0.15, 0.2) is 0 Å². The van der Waals surface area contributed by atoms with Crippen LogP contribution in [0, 0.1) is 0 Å². The Hall–Kier alpha value is -3.55. The second kappa shape index (κ2) is 10.4. The number of halogens is 2. The Labute approximate surface area is 202 Å². The lowest BCUT2D eigenvalue weighted by Crippen LogP contribution is -2.16. The molecular weight excluding hydrogens is 459 g/mol. The number of nitrogens with two attached hydrogens (primary N) is 1. The summed E-state index contributed by atoms with van der Waals surface area (Å²) in [7, 11) is 1.62. The topological polar surface area (TPSA) is 81.0 Å². The number of methoxy groups -OCH3 is 1. The third kappa shape index (κ3) is 5.10. The molecule has 0 amide bonds. The number of hydrogen-bond acceptors (Lipinski definition) is 4. The number of ether oxygens (including phenoxy) is 1. The molecule has 33 heavy (non-hydrogen) atoms. The lowest BCUT2D eigenvalue weighted by atomic mass is 10.1. The van der Waals surface area contributed by atoms with Crippen LogP contribution in [0.1, 0.15) is 11.1 Å². The van der Waals surface area contributed by atoms with Crippen molar-refractivity contribution in [3.63, 3.8) is 0 Å². The lowest BCUT2D eigenvalue weighted by molar-refractivity contribution is 0.415. The zero-order chi connectivity index (χ0) is 23.2. The van der Waals surface area contributed by atoms with Gasteiger partial charge in [-0.25, -0.2) is 9.69 Å². The van der Waals surface area contributed by atoms with Gasteiger partial charge < -0.3 is 10.6 Å². The Morgan fingerprint density at radius 2 is 1.70 bits per heavy atom. The van der Waals surface area contributed by atoms with E-state index in [2.05, 4.69) is 15.5 Å². The van der Waals surface area contributed by atoms with Gasteiger partial charge in [0.05, 0.1) is 36.9 Å². The molecular formula is C24H22Cl2N6O. The summed E-state index contributed by atoms with van der Waals surface area (Å²) in [6, 6.07) is 23.1. The number of nitrogens with zero attached hydrogens (tertiary/aromatic N) is 5. The van der Waals surface area contributed by atoms with Crippen molar-refractivity contribution in [3.8, 4) is 22.7 Å². The molecule has 0 radical (unpaired) electrons. The predicted molar refractivity (Wildman–Crippen MR) is 132 cm³/mol. The number of alkyl halides is 1. The number of hydrogen-bond donors (Lipinski definition) is 1. The SMILES string of the molecule is COc1ccc(N(Cc2cnn(-c3ccc(Cl)cc3)c2-c2ccc(CCl)cc2)/N=N\N)cc1. The van der Waals surface area contributed by atoms with Crippen molar-refractivity contribution < 1.29 is 4.74 Å². The maximum atomic E-state index is 6.10. The maximum Gasteiger partial charge on any atom is 0.119 e. The molecule has 0 aliphatic rings. The summed E-state index contributed by atoms with van der Waals surface area (Å²) in [5.41, 5.74) is 5.59. The van der Waals surface area contributed by atoms with Crippen LogP contribution in [-0.4, -0.2) is 16.9 Å². The van der Waals surface area contributed by atoms with Crippen molar-refractivity contribution in [2.75, 3.05) is 12.1 Å². The fourth-order valence-electron chi connectivity index (χ4n) is 3.49. The molecule has 4 aromatic rings. The van der Waals surface area contributed by atoms with Crippen LogP contribution in [0.15, 0.2) is 89.4 Å². The van der Waals surface area contributed by atoms with E-state index in [4.69, 9.17) is 33.8 Å². The number of anilines is 1. The number of rotatable bonds is 8. The van der Waals surface area contributed by atoms with Gasteiger partial charge in [0, 0.05) is 22.0 Å². The Balaban J connectivity index is 1.78. The van der Waals surface area contributed by atoms with Gasteiger partial charge in [-0.3, -0.25) is 0 Å². The fraction of sp³-hybridized carbons (Fsp3) is 0.125. The van der Waals surface area contributed by atoms with E-state index >= 15 is 0 Å². The normalized spacial score (nSPS) is 11.1. The van der Waals surface area contributed by atoms with E-state index in [1.165, 1.54) is 0 Å². The van der Waals surface area contributed by atoms with E-state index in [-0.39, 0.29) is 0 Å². The molecule has 2 N–H and O–H groups in total. The molecule has 0 atom stereocenters. The Morgan fingerprint density at radius 1 is 1.00 bits per heavy atom. The molecule has 0 aliphatic heterocycles. The van der Waals surface area contributed by atoms with E-state index in [0.717, 1.165) is 39.5 Å². The lowest BCUT2D eigenvalue weighted by Gasteiger charge is -2.18. The molecule has 1 aromatic heterocycles. The summed E-state index contributed by atoms with van der Waals surface area (Å²) in [5, 5.41) is 14.7. The van der Waals surface area contributed by atoms with Gasteiger partial charge in [-0.05, 0) is 59.3 Å². The highest BCUT2D eigenvalue weighted by Gasteiger charge is 2.18. The van der Waals surface area contributed by atoms with Crippen LogP contribution in [0.2, 0.25) is 5.02 Å². The first kappa shape index (κ1) is 22.6. The van der Waals surface area contributed by atoms with Gasteiger partial charge in [0.1, 0.15) is 5.75 Å². The summed E-state index contributed by atoms with van der Waals surface area (Å²) in [6.07, 6.45) is 1.82. The first-order chi connectivity index (χ1) is 16.1. The first-order valence-corrected chi connectivity index (χ1v) is 11.0. The summed E-state index contributed by atoms with van der Waals surface area (Å²) >= 11 is 12.1. The van der Waals surface area contributed by atoms with E-state index in [1.54, 1.807) is 12.1 Å². The third-order valence-corrected chi connectivity index (χ3v) is 5.71. The van der Waals surface area contributed by atoms with E-state index in [9.17, 15) is 0 Å². The second-order valence-corrected chi connectivity index (χ2v) is 7.90. The molecule has 1 heterocycles. The Morgan fingerprint density at radius 3 is 2.30 bits per heavy atom. The van der Waals surface area contributed by atoms with Crippen LogP contribution in [0.5, 0.6) is 5.75 Å². The summed E-state index contributed by atoms with van der Waals surface area (Å²) in [4.78, 5) is 0. The molecule has 9 heteroatoms. The average Bonchev–Trinajstić information content (AvgIpc) is 3.28. The molecule has 4 rings (SSSR count). The van der Waals surface area contributed by atoms with E-state index in [1.807, 2.05) is 83.7 Å². The maximum absolute atomic E-state index is 6.10. The second-order valence-electron chi connectivity index (χ2n) is 7.20. The molecule has 0 saturated heterocycles. The molecule has 3 aromatic carbocycles. The van der Waals surface area contributed by atoms with E-state index < -0.39 is 0 Å². The monoisotopic (exact) mass is 480 g/mol. The zero-order valence-corrected chi connectivity index (χ0v) is 19.4. The van der Waals surface area contributed by atoms with Gasteiger partial charge in [0.2, 0.25) is 0 Å². The van der Waals surface area contributed by atoms with Crippen LogP contribution >= 0.6 is 23.2 Å². The molecule has 168 valence electrons. The predicted octanol–water partition coefficient (Wildman–Crippen LogP) is 6.19. The zero-order valence-electron chi connectivity index (χ0n) is 17.9. The standard InChI is InChI=1S/C24H22Cl2N6O/c1-33-23-12-10-21(11-13-23)31(30-29-27)16-19-15-28-32(22-8-6-20(26)7-9-22)24(19)18-4-2-17(14-25)3-5-18/h2-13,15H,14,16H2,1H3,(H2,27,30). The minimum Gasteiger partial charge on any atom is -0.497 e. The molecule has 0 saturated carbocycles. The number of benzene rings is 3. The smallest absolute Gasteiger partial charge is 0.119 e. The molecule has 0 aliphatic carbocycles. The summed E-state index contributed by atoms with van der Waals surface area (Å²) < 4.78 is 7.14. The Bertz CT molecular complexity index is 1220. The summed E-state index contributed by atoms with van der Waals surface area (Å²) in [5.74, 6) is 6.61. The minimum absolute atomic E-state index is 0.396. The highest BCUT2D eigenvalue weighted by atomic mass is 35.5. The van der Waals surface area contributed by atoms with Gasteiger partial charge >= 0.3 is 0 Å². The van der Waals surface area contributed by atoms with Crippen molar-refractivity contribution >= 4 is 28.9 Å². The highest BCUT2D eigenvalue weighted by Crippen LogP contribution is 2.30. The van der Waals surface area contributed by atoms with Gasteiger partial charge in [-0.15, -0.1) is 11.6 Å². The van der Waals surface area contributed by atoms with Crippen LogP contribution in [0.4, 0.5) is 5.69 Å². The Kier molecular flexibility index (Phi) is 7.12. The molecule has 0 unspecified atom stereocenters. The first-order valence-electron chi connectivity index (χ1n) is 10.1. The molecule has 0 spiro atoms. The molecule has 7 nitrogen and oxygen atoms in total. The average molecular weight is 481 g/mol. The van der Waals surface area contributed by atoms with E-state index in [0.29, 0.717) is 17.4 Å². The van der Waals surface area contributed by atoms with Crippen molar-refractivity contribution in [2.24, 2.45) is 16.3 Å². The minimum atomic E-state index is 0.396. The van der Waals surface area contributed by atoms with Gasteiger partial charge in [-0.1, -0.05) is 41.1 Å². The fourth-order valence-corrected chi connectivity index (χ4v) is 3.79. The molecule has 0 bridgehead atoms. The number of aromatic nitrogens is 2. The van der Waals surface area contributed by atoms with Crippen LogP contribution in [-0.2, 0) is 12.4 Å². The summed E-state index contributed by atoms with van der Waals surface area (Å²) in [6.45, 7) is 0.396. The third-order valence-electron chi connectivity index (χ3n) is 5.15. The highest BCUT2D eigenvalue weighted by molar-refractivity contribution is 6.30. The largest absolute Gasteiger partial charge is 0.497 e. The van der Waals surface area contributed by atoms with Crippen LogP contribution < -0.4 is 15.6 Å². The van der Waals surface area contributed by atoms with Gasteiger partial charge in [-0.2, -0.15) is 5.10 Å². The quantitative estimate of drug-likeness (QED) is 0.141. The van der Waals surface area contributed by atoms with Crippen molar-refractivity contribution in [1.29, 1.82) is 0 Å². The van der Waals surface area contributed by atoms with Crippen molar-refractivity contribution in [3.05, 3.63) is 95.1 Å². The van der Waals surface area contributed by atoms with Crippen molar-refractivity contribution in [2.45, 2.75) is 12.4 Å². The van der Waals surface area contributed by atoms with Crippen LogP contribution in [0.3, 0.4) is 0 Å². The molecule has 0 fully saturated rings.